The number of hydrogen-bond acceptors (Lipinski definition) is 2. The van der Waals surface area contributed by atoms with E-state index in [0.29, 0.717) is 6.04 Å². The minimum Gasteiger partial charge on any atom is -0.316 e. The molecule has 0 radical (unpaired) electrons. The Morgan fingerprint density at radius 1 is 1.25 bits per heavy atom. The molecular formula is C16H22BrN3. The van der Waals surface area contributed by atoms with E-state index in [2.05, 4.69) is 68.3 Å². The highest BCUT2D eigenvalue weighted by Crippen LogP contribution is 2.23. The molecule has 1 aromatic carbocycles. The fraction of sp³-hybridized carbons (Fsp3) is 0.438. The van der Waals surface area contributed by atoms with Crippen LogP contribution in [0.3, 0.4) is 0 Å². The SMILES string of the molecule is CCn1nc(C)c(Br)c1CC(Cc1ccccc1)NC. The molecule has 4 heteroatoms. The molecule has 0 fully saturated rings. The Morgan fingerprint density at radius 3 is 2.55 bits per heavy atom. The Morgan fingerprint density at radius 2 is 1.95 bits per heavy atom. The van der Waals surface area contributed by atoms with Crippen LogP contribution < -0.4 is 5.32 Å². The van der Waals surface area contributed by atoms with Crippen LogP contribution in [0.4, 0.5) is 0 Å². The number of nitrogens with one attached hydrogen (secondary N) is 1. The highest BCUT2D eigenvalue weighted by Gasteiger charge is 2.16. The summed E-state index contributed by atoms with van der Waals surface area (Å²) < 4.78 is 3.24. The van der Waals surface area contributed by atoms with Crippen LogP contribution in [0.1, 0.15) is 23.9 Å². The lowest BCUT2D eigenvalue weighted by Gasteiger charge is -2.17. The molecule has 108 valence electrons. The van der Waals surface area contributed by atoms with Crippen molar-refractivity contribution in [3.8, 4) is 0 Å². The van der Waals surface area contributed by atoms with Gasteiger partial charge in [-0.05, 0) is 48.8 Å². The van der Waals surface area contributed by atoms with E-state index in [-0.39, 0.29) is 0 Å². The maximum Gasteiger partial charge on any atom is 0.0738 e. The van der Waals surface area contributed by atoms with Crippen LogP contribution in [0.15, 0.2) is 34.8 Å². The number of nitrogens with zero attached hydrogens (tertiary/aromatic N) is 2. The van der Waals surface area contributed by atoms with Crippen molar-refractivity contribution in [2.75, 3.05) is 7.05 Å². The van der Waals surface area contributed by atoms with Gasteiger partial charge in [-0.15, -0.1) is 0 Å². The van der Waals surface area contributed by atoms with Gasteiger partial charge < -0.3 is 5.32 Å². The summed E-state index contributed by atoms with van der Waals surface area (Å²) in [5, 5.41) is 7.99. The number of aromatic nitrogens is 2. The van der Waals surface area contributed by atoms with E-state index in [9.17, 15) is 0 Å². The molecule has 1 unspecified atom stereocenters. The third-order valence-corrected chi connectivity index (χ3v) is 4.66. The van der Waals surface area contributed by atoms with E-state index in [1.165, 1.54) is 11.3 Å². The second-order valence-electron chi connectivity index (χ2n) is 5.04. The molecule has 1 aromatic heterocycles. The van der Waals surface area contributed by atoms with Crippen molar-refractivity contribution in [2.45, 2.75) is 39.3 Å². The summed E-state index contributed by atoms with van der Waals surface area (Å²) in [7, 11) is 2.03. The van der Waals surface area contributed by atoms with Gasteiger partial charge in [0, 0.05) is 19.0 Å². The van der Waals surface area contributed by atoms with Crippen LogP contribution in [-0.4, -0.2) is 22.9 Å². The number of benzene rings is 1. The van der Waals surface area contributed by atoms with E-state index in [0.717, 1.165) is 29.6 Å². The molecule has 0 bridgehead atoms. The molecule has 0 aliphatic rings. The highest BCUT2D eigenvalue weighted by molar-refractivity contribution is 9.10. The summed E-state index contributed by atoms with van der Waals surface area (Å²) in [4.78, 5) is 0. The Labute approximate surface area is 129 Å². The minimum atomic E-state index is 0.412. The molecule has 0 saturated carbocycles. The Kier molecular flexibility index (Phi) is 5.38. The zero-order chi connectivity index (χ0) is 14.5. The number of hydrogen-bond donors (Lipinski definition) is 1. The first kappa shape index (κ1) is 15.3. The molecule has 0 aliphatic carbocycles. The van der Waals surface area contributed by atoms with Gasteiger partial charge in [-0.25, -0.2) is 0 Å². The van der Waals surface area contributed by atoms with E-state index in [1.54, 1.807) is 0 Å². The third kappa shape index (κ3) is 3.49. The normalized spacial score (nSPS) is 12.6. The van der Waals surface area contributed by atoms with E-state index < -0.39 is 0 Å². The van der Waals surface area contributed by atoms with Crippen LogP contribution in [0.25, 0.3) is 0 Å². The zero-order valence-corrected chi connectivity index (χ0v) is 13.9. The van der Waals surface area contributed by atoms with Crippen LogP contribution in [0, 0.1) is 6.92 Å². The smallest absolute Gasteiger partial charge is 0.0738 e. The number of halogens is 1. The molecule has 20 heavy (non-hydrogen) atoms. The third-order valence-electron chi connectivity index (χ3n) is 3.63. The van der Waals surface area contributed by atoms with Crippen LogP contribution in [-0.2, 0) is 19.4 Å². The molecule has 2 rings (SSSR count). The van der Waals surface area contributed by atoms with Crippen LogP contribution in [0.2, 0.25) is 0 Å². The molecular weight excluding hydrogens is 314 g/mol. The Balaban J connectivity index is 2.14. The van der Waals surface area contributed by atoms with Crippen molar-refractivity contribution < 1.29 is 0 Å². The first-order chi connectivity index (χ1) is 9.65. The minimum absolute atomic E-state index is 0.412. The van der Waals surface area contributed by atoms with Gasteiger partial charge in [-0.3, -0.25) is 4.68 Å². The second-order valence-corrected chi connectivity index (χ2v) is 5.83. The van der Waals surface area contributed by atoms with Crippen molar-refractivity contribution >= 4 is 15.9 Å². The van der Waals surface area contributed by atoms with E-state index in [4.69, 9.17) is 0 Å². The van der Waals surface area contributed by atoms with Gasteiger partial charge >= 0.3 is 0 Å². The summed E-state index contributed by atoms with van der Waals surface area (Å²) in [6, 6.07) is 11.0. The topological polar surface area (TPSA) is 29.9 Å². The molecule has 0 amide bonds. The summed E-state index contributed by atoms with van der Waals surface area (Å²) >= 11 is 3.67. The summed E-state index contributed by atoms with van der Waals surface area (Å²) in [5.74, 6) is 0. The largest absolute Gasteiger partial charge is 0.316 e. The predicted octanol–water partition coefficient (Wildman–Crippen LogP) is 3.35. The standard InChI is InChI=1S/C16H22BrN3/c1-4-20-15(16(17)12(2)19-20)11-14(18-3)10-13-8-6-5-7-9-13/h5-9,14,18H,4,10-11H2,1-3H3. The lowest BCUT2D eigenvalue weighted by molar-refractivity contribution is 0.519. The van der Waals surface area contributed by atoms with Gasteiger partial charge in [0.05, 0.1) is 15.9 Å². The number of aryl methyl sites for hydroxylation is 2. The molecule has 1 heterocycles. The lowest BCUT2D eigenvalue weighted by atomic mass is 10.0. The maximum absolute atomic E-state index is 4.57. The molecule has 2 aromatic rings. The van der Waals surface area contributed by atoms with Gasteiger partial charge in [0.2, 0.25) is 0 Å². The van der Waals surface area contributed by atoms with Crippen LogP contribution in [0.5, 0.6) is 0 Å². The van der Waals surface area contributed by atoms with Gasteiger partial charge in [0.25, 0.3) is 0 Å². The van der Waals surface area contributed by atoms with Crippen molar-refractivity contribution in [3.63, 3.8) is 0 Å². The Bertz CT molecular complexity index is 548. The monoisotopic (exact) mass is 335 g/mol. The first-order valence-electron chi connectivity index (χ1n) is 7.08. The van der Waals surface area contributed by atoms with Crippen molar-refractivity contribution in [1.82, 2.24) is 15.1 Å². The van der Waals surface area contributed by atoms with Gasteiger partial charge in [0.15, 0.2) is 0 Å². The lowest BCUT2D eigenvalue weighted by Crippen LogP contribution is -2.31. The van der Waals surface area contributed by atoms with Gasteiger partial charge in [-0.2, -0.15) is 5.10 Å². The molecule has 1 N–H and O–H groups in total. The molecule has 0 saturated heterocycles. The zero-order valence-electron chi connectivity index (χ0n) is 12.4. The maximum atomic E-state index is 4.57. The van der Waals surface area contributed by atoms with Crippen molar-refractivity contribution in [2.24, 2.45) is 0 Å². The quantitative estimate of drug-likeness (QED) is 0.877. The van der Waals surface area contributed by atoms with Crippen molar-refractivity contribution in [1.29, 1.82) is 0 Å². The fourth-order valence-corrected chi connectivity index (χ4v) is 2.92. The summed E-state index contributed by atoms with van der Waals surface area (Å²) in [6.07, 6.45) is 2.00. The average Bonchev–Trinajstić information content (AvgIpc) is 2.75. The second kappa shape index (κ2) is 7.04. The average molecular weight is 336 g/mol. The van der Waals surface area contributed by atoms with Gasteiger partial charge in [-0.1, -0.05) is 30.3 Å². The Hall–Kier alpha value is -1.13. The molecule has 3 nitrogen and oxygen atoms in total. The van der Waals surface area contributed by atoms with Crippen LogP contribution >= 0.6 is 15.9 Å². The number of rotatable bonds is 6. The van der Waals surface area contributed by atoms with E-state index in [1.807, 2.05) is 14.0 Å². The fourth-order valence-electron chi connectivity index (χ4n) is 2.47. The predicted molar refractivity (Wildman–Crippen MR) is 87.0 cm³/mol. The summed E-state index contributed by atoms with van der Waals surface area (Å²) in [6.45, 7) is 5.09. The first-order valence-corrected chi connectivity index (χ1v) is 7.88. The molecule has 0 aliphatic heterocycles. The van der Waals surface area contributed by atoms with Crippen molar-refractivity contribution in [3.05, 3.63) is 51.8 Å². The molecule has 0 spiro atoms. The summed E-state index contributed by atoms with van der Waals surface area (Å²) in [5.41, 5.74) is 3.71. The molecule has 1 atom stereocenters. The number of likely N-dealkylation sites (N-methyl/N-ethyl adjacent to an activating group) is 1. The highest BCUT2D eigenvalue weighted by atomic mass is 79.9. The van der Waals surface area contributed by atoms with E-state index >= 15 is 0 Å². The van der Waals surface area contributed by atoms with Gasteiger partial charge in [0.1, 0.15) is 0 Å².